The standard InChI is InChI=1S/C10H23N/c1-5-6-10(8-11-4)7-9(2)3/h9-11H,5-8H2,1-4H3. The van der Waals surface area contributed by atoms with Crippen LogP contribution in [0.5, 0.6) is 0 Å². The van der Waals surface area contributed by atoms with Crippen molar-refractivity contribution in [3.05, 3.63) is 0 Å². The van der Waals surface area contributed by atoms with Gasteiger partial charge in [-0.2, -0.15) is 0 Å². The SMILES string of the molecule is CCCC(CNC)CC(C)C. The fraction of sp³-hybridized carbons (Fsp3) is 1.00. The van der Waals surface area contributed by atoms with Gasteiger partial charge in [-0.1, -0.05) is 27.2 Å². The highest BCUT2D eigenvalue weighted by Crippen LogP contribution is 2.15. The van der Waals surface area contributed by atoms with Crippen molar-refractivity contribution in [2.75, 3.05) is 13.6 Å². The van der Waals surface area contributed by atoms with E-state index in [4.69, 9.17) is 0 Å². The van der Waals surface area contributed by atoms with Gasteiger partial charge >= 0.3 is 0 Å². The zero-order chi connectivity index (χ0) is 8.69. The highest BCUT2D eigenvalue weighted by Gasteiger charge is 2.07. The molecule has 11 heavy (non-hydrogen) atoms. The second kappa shape index (κ2) is 6.66. The van der Waals surface area contributed by atoms with Gasteiger partial charge in [0.1, 0.15) is 0 Å². The van der Waals surface area contributed by atoms with E-state index in [0.29, 0.717) is 0 Å². The first-order chi connectivity index (χ1) is 5.20. The second-order valence-corrected chi connectivity index (χ2v) is 3.84. The van der Waals surface area contributed by atoms with Crippen LogP contribution in [0, 0.1) is 11.8 Å². The van der Waals surface area contributed by atoms with Crippen LogP contribution in [0.4, 0.5) is 0 Å². The van der Waals surface area contributed by atoms with Gasteiger partial charge in [-0.25, -0.2) is 0 Å². The lowest BCUT2D eigenvalue weighted by atomic mass is 9.93. The maximum atomic E-state index is 3.26. The van der Waals surface area contributed by atoms with E-state index in [9.17, 15) is 0 Å². The lowest BCUT2D eigenvalue weighted by molar-refractivity contribution is 0.372. The molecule has 0 heterocycles. The molecule has 1 N–H and O–H groups in total. The molecule has 68 valence electrons. The summed E-state index contributed by atoms with van der Waals surface area (Å²) in [7, 11) is 2.04. The molecule has 0 radical (unpaired) electrons. The van der Waals surface area contributed by atoms with Gasteiger partial charge in [0.2, 0.25) is 0 Å². The Morgan fingerprint density at radius 2 is 1.91 bits per heavy atom. The number of nitrogens with one attached hydrogen (secondary N) is 1. The summed E-state index contributed by atoms with van der Waals surface area (Å²) >= 11 is 0. The highest BCUT2D eigenvalue weighted by molar-refractivity contribution is 4.62. The number of hydrogen-bond acceptors (Lipinski definition) is 1. The molecule has 1 heteroatoms. The molecule has 1 nitrogen and oxygen atoms in total. The summed E-state index contributed by atoms with van der Waals surface area (Å²) in [6.07, 6.45) is 4.06. The zero-order valence-electron chi connectivity index (χ0n) is 8.48. The highest BCUT2D eigenvalue weighted by atomic mass is 14.8. The largest absolute Gasteiger partial charge is 0.319 e. The van der Waals surface area contributed by atoms with Crippen LogP contribution in [0.15, 0.2) is 0 Å². The molecule has 0 aliphatic carbocycles. The summed E-state index contributed by atoms with van der Waals surface area (Å²) < 4.78 is 0. The molecule has 0 aromatic heterocycles. The van der Waals surface area contributed by atoms with Crippen LogP contribution in [-0.4, -0.2) is 13.6 Å². The lowest BCUT2D eigenvalue weighted by Gasteiger charge is -2.17. The first-order valence-electron chi connectivity index (χ1n) is 4.85. The maximum Gasteiger partial charge on any atom is -0.00234 e. The summed E-state index contributed by atoms with van der Waals surface area (Å²) in [6.45, 7) is 8.06. The zero-order valence-corrected chi connectivity index (χ0v) is 8.48. The van der Waals surface area contributed by atoms with Crippen molar-refractivity contribution in [2.24, 2.45) is 11.8 Å². The number of rotatable bonds is 6. The molecular weight excluding hydrogens is 134 g/mol. The fourth-order valence-electron chi connectivity index (χ4n) is 1.67. The molecule has 1 atom stereocenters. The molecule has 0 aromatic carbocycles. The molecule has 0 aliphatic rings. The van der Waals surface area contributed by atoms with E-state index in [1.54, 1.807) is 0 Å². The molecular formula is C10H23N. The van der Waals surface area contributed by atoms with E-state index in [0.717, 1.165) is 11.8 Å². The average molecular weight is 157 g/mol. The van der Waals surface area contributed by atoms with Crippen molar-refractivity contribution in [2.45, 2.75) is 40.0 Å². The first kappa shape index (κ1) is 11.0. The minimum Gasteiger partial charge on any atom is -0.319 e. The molecule has 0 bridgehead atoms. The van der Waals surface area contributed by atoms with Crippen LogP contribution >= 0.6 is 0 Å². The van der Waals surface area contributed by atoms with Crippen LogP contribution in [0.2, 0.25) is 0 Å². The summed E-state index contributed by atoms with van der Waals surface area (Å²) in [4.78, 5) is 0. The Morgan fingerprint density at radius 1 is 1.27 bits per heavy atom. The predicted octanol–water partition coefficient (Wildman–Crippen LogP) is 2.67. The minimum absolute atomic E-state index is 0.847. The van der Waals surface area contributed by atoms with Gasteiger partial charge < -0.3 is 5.32 Å². The minimum atomic E-state index is 0.847. The average Bonchev–Trinajstić information content (AvgIpc) is 1.87. The Balaban J connectivity index is 3.50. The Kier molecular flexibility index (Phi) is 6.63. The van der Waals surface area contributed by atoms with Gasteiger partial charge in [0, 0.05) is 0 Å². The third kappa shape index (κ3) is 6.36. The Hall–Kier alpha value is -0.0400. The van der Waals surface area contributed by atoms with Crippen molar-refractivity contribution < 1.29 is 0 Å². The normalized spacial score (nSPS) is 13.9. The van der Waals surface area contributed by atoms with Gasteiger partial charge in [-0.05, 0) is 38.3 Å². The Morgan fingerprint density at radius 3 is 2.27 bits per heavy atom. The Labute approximate surface area is 71.6 Å². The third-order valence-corrected chi connectivity index (χ3v) is 1.99. The first-order valence-corrected chi connectivity index (χ1v) is 4.85. The summed E-state index contributed by atoms with van der Waals surface area (Å²) in [6, 6.07) is 0. The van der Waals surface area contributed by atoms with Crippen molar-refractivity contribution >= 4 is 0 Å². The maximum absolute atomic E-state index is 3.26. The third-order valence-electron chi connectivity index (χ3n) is 1.99. The molecule has 0 spiro atoms. The topological polar surface area (TPSA) is 12.0 Å². The van der Waals surface area contributed by atoms with E-state index in [2.05, 4.69) is 26.1 Å². The van der Waals surface area contributed by atoms with Crippen molar-refractivity contribution in [1.82, 2.24) is 5.32 Å². The van der Waals surface area contributed by atoms with Crippen molar-refractivity contribution in [1.29, 1.82) is 0 Å². The van der Waals surface area contributed by atoms with Crippen LogP contribution < -0.4 is 5.32 Å². The van der Waals surface area contributed by atoms with E-state index in [1.165, 1.54) is 25.8 Å². The smallest absolute Gasteiger partial charge is 0.00234 e. The van der Waals surface area contributed by atoms with Gasteiger partial charge in [-0.15, -0.1) is 0 Å². The number of hydrogen-bond donors (Lipinski definition) is 1. The van der Waals surface area contributed by atoms with Crippen LogP contribution in [0.1, 0.15) is 40.0 Å². The Bertz CT molecular complexity index is 72.9. The van der Waals surface area contributed by atoms with E-state index in [1.807, 2.05) is 7.05 Å². The molecule has 0 aliphatic heterocycles. The summed E-state index contributed by atoms with van der Waals surface area (Å²) in [5.74, 6) is 1.74. The molecule has 0 rings (SSSR count). The van der Waals surface area contributed by atoms with E-state index < -0.39 is 0 Å². The lowest BCUT2D eigenvalue weighted by Crippen LogP contribution is -2.20. The molecule has 0 saturated carbocycles. The summed E-state index contributed by atoms with van der Waals surface area (Å²) in [5.41, 5.74) is 0. The molecule has 0 amide bonds. The molecule has 0 saturated heterocycles. The monoisotopic (exact) mass is 157 g/mol. The van der Waals surface area contributed by atoms with Crippen molar-refractivity contribution in [3.8, 4) is 0 Å². The quantitative estimate of drug-likeness (QED) is 0.625. The predicted molar refractivity (Wildman–Crippen MR) is 51.8 cm³/mol. The van der Waals surface area contributed by atoms with Gasteiger partial charge in [0.15, 0.2) is 0 Å². The van der Waals surface area contributed by atoms with Crippen molar-refractivity contribution in [3.63, 3.8) is 0 Å². The van der Waals surface area contributed by atoms with E-state index in [-0.39, 0.29) is 0 Å². The van der Waals surface area contributed by atoms with Gasteiger partial charge in [0.05, 0.1) is 0 Å². The van der Waals surface area contributed by atoms with Crippen LogP contribution in [0.3, 0.4) is 0 Å². The van der Waals surface area contributed by atoms with Gasteiger partial charge in [-0.3, -0.25) is 0 Å². The summed E-state index contributed by atoms with van der Waals surface area (Å²) in [5, 5.41) is 3.26. The van der Waals surface area contributed by atoms with Crippen LogP contribution in [0.25, 0.3) is 0 Å². The molecule has 1 unspecified atom stereocenters. The fourth-order valence-corrected chi connectivity index (χ4v) is 1.67. The second-order valence-electron chi connectivity index (χ2n) is 3.84. The molecule has 0 fully saturated rings. The molecule has 0 aromatic rings. The van der Waals surface area contributed by atoms with Gasteiger partial charge in [0.25, 0.3) is 0 Å². The van der Waals surface area contributed by atoms with Crippen LogP contribution in [-0.2, 0) is 0 Å². The van der Waals surface area contributed by atoms with E-state index >= 15 is 0 Å².